The lowest BCUT2D eigenvalue weighted by molar-refractivity contribution is -0.118. The molecule has 156 valence electrons. The molecule has 0 spiro atoms. The Morgan fingerprint density at radius 3 is 2.74 bits per heavy atom. The molecule has 4 rings (SSSR count). The highest BCUT2D eigenvalue weighted by atomic mass is 79.9. The lowest BCUT2D eigenvalue weighted by atomic mass is 10.2. The Bertz CT molecular complexity index is 1240. The monoisotopic (exact) mass is 512 g/mol. The number of imidazole rings is 1. The number of fused-ring (bicyclic) bond motifs is 1. The number of benzene rings is 3. The molecule has 0 unspecified atom stereocenters. The third-order valence-electron chi connectivity index (χ3n) is 4.46. The van der Waals surface area contributed by atoms with Gasteiger partial charge >= 0.3 is 0 Å². The van der Waals surface area contributed by atoms with Gasteiger partial charge in [-0.1, -0.05) is 75.7 Å². The molecule has 0 aliphatic heterocycles. The van der Waals surface area contributed by atoms with Crippen molar-refractivity contribution in [1.29, 1.82) is 0 Å². The van der Waals surface area contributed by atoms with E-state index in [4.69, 9.17) is 16.6 Å². The number of carbonyl (C=O) groups is 1. The molecule has 31 heavy (non-hydrogen) atoms. The van der Waals surface area contributed by atoms with Crippen LogP contribution in [0.2, 0.25) is 5.02 Å². The van der Waals surface area contributed by atoms with E-state index < -0.39 is 0 Å². The normalized spacial score (nSPS) is 11.3. The van der Waals surface area contributed by atoms with E-state index in [1.807, 2.05) is 72.8 Å². The van der Waals surface area contributed by atoms with Gasteiger partial charge in [0.2, 0.25) is 0 Å². The number of hydrogen-bond acceptors (Lipinski definition) is 4. The maximum Gasteiger partial charge on any atom is 0.250 e. The summed E-state index contributed by atoms with van der Waals surface area (Å²) < 4.78 is 3.07. The summed E-state index contributed by atoms with van der Waals surface area (Å²) in [5.74, 6) is 0.0149. The van der Waals surface area contributed by atoms with Crippen LogP contribution in [0.25, 0.3) is 11.0 Å². The number of aromatic nitrogens is 2. The molecular formula is C23H18BrClN4OS. The average Bonchev–Trinajstić information content (AvgIpc) is 3.11. The van der Waals surface area contributed by atoms with Crippen LogP contribution in [-0.4, -0.2) is 27.4 Å². The minimum absolute atomic E-state index is 0.193. The molecule has 1 heterocycles. The number of nitrogens with one attached hydrogen (secondary N) is 1. The fraction of sp³-hybridized carbons (Fsp3) is 0.0870. The van der Waals surface area contributed by atoms with Crippen molar-refractivity contribution >= 4 is 62.4 Å². The maximum atomic E-state index is 12.3. The number of rotatable bonds is 7. The summed E-state index contributed by atoms with van der Waals surface area (Å²) in [6.07, 6.45) is 1.61. The molecule has 3 aromatic carbocycles. The zero-order chi connectivity index (χ0) is 21.6. The zero-order valence-corrected chi connectivity index (χ0v) is 19.5. The molecule has 0 saturated carbocycles. The molecule has 0 fully saturated rings. The third kappa shape index (κ3) is 5.76. The summed E-state index contributed by atoms with van der Waals surface area (Å²) in [5, 5.41) is 5.52. The van der Waals surface area contributed by atoms with Crippen molar-refractivity contribution in [1.82, 2.24) is 15.0 Å². The largest absolute Gasteiger partial charge is 0.314 e. The van der Waals surface area contributed by atoms with E-state index in [1.165, 1.54) is 11.8 Å². The number of carbonyl (C=O) groups excluding carboxylic acids is 1. The van der Waals surface area contributed by atoms with Gasteiger partial charge in [0.25, 0.3) is 5.91 Å². The van der Waals surface area contributed by atoms with Gasteiger partial charge < -0.3 is 4.57 Å². The van der Waals surface area contributed by atoms with E-state index in [0.29, 0.717) is 11.6 Å². The molecule has 5 nitrogen and oxygen atoms in total. The Labute approximate surface area is 197 Å². The van der Waals surface area contributed by atoms with E-state index in [9.17, 15) is 4.79 Å². The number of halogens is 2. The van der Waals surface area contributed by atoms with Crippen molar-refractivity contribution in [2.75, 3.05) is 5.75 Å². The van der Waals surface area contributed by atoms with Crippen LogP contribution in [0.5, 0.6) is 0 Å². The first-order chi connectivity index (χ1) is 15.1. The van der Waals surface area contributed by atoms with Crippen LogP contribution in [0.1, 0.15) is 11.1 Å². The minimum Gasteiger partial charge on any atom is -0.314 e. The molecular weight excluding hydrogens is 496 g/mol. The minimum atomic E-state index is -0.193. The molecule has 0 radical (unpaired) electrons. The number of para-hydroxylation sites is 2. The van der Waals surface area contributed by atoms with E-state index in [-0.39, 0.29) is 11.7 Å². The van der Waals surface area contributed by atoms with Crippen LogP contribution in [0, 0.1) is 0 Å². The van der Waals surface area contributed by atoms with E-state index in [2.05, 4.69) is 31.0 Å². The second-order valence-electron chi connectivity index (χ2n) is 6.73. The number of thioether (sulfide) groups is 1. The van der Waals surface area contributed by atoms with Gasteiger partial charge in [-0.3, -0.25) is 4.79 Å². The lowest BCUT2D eigenvalue weighted by Crippen LogP contribution is -2.20. The molecule has 1 N–H and O–H groups in total. The van der Waals surface area contributed by atoms with Crippen molar-refractivity contribution in [3.8, 4) is 0 Å². The first-order valence-corrected chi connectivity index (χ1v) is 11.6. The smallest absolute Gasteiger partial charge is 0.250 e. The van der Waals surface area contributed by atoms with Gasteiger partial charge in [-0.05, 0) is 47.5 Å². The molecule has 8 heteroatoms. The van der Waals surface area contributed by atoms with Gasteiger partial charge in [-0.25, -0.2) is 10.4 Å². The van der Waals surface area contributed by atoms with Gasteiger partial charge in [0.15, 0.2) is 5.16 Å². The van der Waals surface area contributed by atoms with Crippen molar-refractivity contribution in [3.05, 3.63) is 93.4 Å². The Hall–Kier alpha value is -2.61. The van der Waals surface area contributed by atoms with Crippen molar-refractivity contribution in [3.63, 3.8) is 0 Å². The highest BCUT2D eigenvalue weighted by molar-refractivity contribution is 9.10. The van der Waals surface area contributed by atoms with Crippen molar-refractivity contribution in [2.45, 2.75) is 11.7 Å². The lowest BCUT2D eigenvalue weighted by Gasteiger charge is -2.09. The van der Waals surface area contributed by atoms with Crippen LogP contribution < -0.4 is 5.43 Å². The molecule has 0 atom stereocenters. The molecule has 0 aliphatic carbocycles. The Morgan fingerprint density at radius 1 is 1.13 bits per heavy atom. The van der Waals surface area contributed by atoms with E-state index >= 15 is 0 Å². The number of hydrazone groups is 1. The van der Waals surface area contributed by atoms with Crippen LogP contribution in [0.4, 0.5) is 0 Å². The van der Waals surface area contributed by atoms with Crippen LogP contribution in [-0.2, 0) is 11.3 Å². The van der Waals surface area contributed by atoms with E-state index in [0.717, 1.165) is 31.8 Å². The van der Waals surface area contributed by atoms with Gasteiger partial charge in [-0.15, -0.1) is 0 Å². The zero-order valence-electron chi connectivity index (χ0n) is 16.3. The topological polar surface area (TPSA) is 59.3 Å². The Kier molecular flexibility index (Phi) is 7.06. The van der Waals surface area contributed by atoms with Crippen molar-refractivity contribution < 1.29 is 4.79 Å². The summed E-state index contributed by atoms with van der Waals surface area (Å²) in [7, 11) is 0. The SMILES string of the molecule is O=C(CSc1nc2ccccc2n1Cc1ccc(Cl)cc1)N/N=C/c1cccc(Br)c1. The summed E-state index contributed by atoms with van der Waals surface area (Å²) in [6.45, 7) is 0.642. The van der Waals surface area contributed by atoms with Gasteiger partial charge in [0.1, 0.15) is 0 Å². The predicted octanol–water partition coefficient (Wildman–Crippen LogP) is 5.74. The summed E-state index contributed by atoms with van der Waals surface area (Å²) in [6, 6.07) is 23.4. The molecule has 0 saturated heterocycles. The molecule has 0 bridgehead atoms. The number of nitrogens with zero attached hydrogens (tertiary/aromatic N) is 3. The third-order valence-corrected chi connectivity index (χ3v) is 6.18. The summed E-state index contributed by atoms with van der Waals surface area (Å²) in [5.41, 5.74) is 6.49. The first-order valence-electron chi connectivity index (χ1n) is 9.48. The van der Waals surface area contributed by atoms with Crippen molar-refractivity contribution in [2.24, 2.45) is 5.10 Å². The highest BCUT2D eigenvalue weighted by Crippen LogP contribution is 2.25. The standard InChI is InChI=1S/C23H18BrClN4OS/c24-18-5-3-4-17(12-18)13-26-28-22(30)15-31-23-27-20-6-1-2-7-21(20)29(23)14-16-8-10-19(25)11-9-16/h1-13H,14-15H2,(H,28,30)/b26-13+. The van der Waals surface area contributed by atoms with Crippen LogP contribution >= 0.6 is 39.3 Å². The quantitative estimate of drug-likeness (QED) is 0.195. The summed E-state index contributed by atoms with van der Waals surface area (Å²) >= 11 is 10.8. The van der Waals surface area contributed by atoms with Gasteiger partial charge in [-0.2, -0.15) is 5.10 Å². The fourth-order valence-corrected chi connectivity index (χ4v) is 4.37. The maximum absolute atomic E-state index is 12.3. The van der Waals surface area contributed by atoms with Crippen LogP contribution in [0.15, 0.2) is 87.5 Å². The molecule has 1 aromatic heterocycles. The van der Waals surface area contributed by atoms with Gasteiger partial charge in [0.05, 0.1) is 29.5 Å². The average molecular weight is 514 g/mol. The summed E-state index contributed by atoms with van der Waals surface area (Å²) in [4.78, 5) is 17.0. The molecule has 0 aliphatic rings. The molecule has 4 aromatic rings. The predicted molar refractivity (Wildman–Crippen MR) is 131 cm³/mol. The second-order valence-corrected chi connectivity index (χ2v) is 9.03. The fourth-order valence-electron chi connectivity index (χ4n) is 3.02. The molecule has 1 amide bonds. The Balaban J connectivity index is 1.45. The first kappa shape index (κ1) is 21.6. The highest BCUT2D eigenvalue weighted by Gasteiger charge is 2.13. The number of amides is 1. The number of hydrogen-bond donors (Lipinski definition) is 1. The van der Waals surface area contributed by atoms with Crippen LogP contribution in [0.3, 0.4) is 0 Å². The Morgan fingerprint density at radius 2 is 1.94 bits per heavy atom. The van der Waals surface area contributed by atoms with E-state index in [1.54, 1.807) is 6.21 Å². The second kappa shape index (κ2) is 10.1. The van der Waals surface area contributed by atoms with Gasteiger partial charge in [0, 0.05) is 9.50 Å².